The molecule has 0 aliphatic carbocycles. The summed E-state index contributed by atoms with van der Waals surface area (Å²) in [4.78, 5) is 27.9. The van der Waals surface area contributed by atoms with Crippen LogP contribution >= 0.6 is 0 Å². The Labute approximate surface area is 236 Å². The highest BCUT2D eigenvalue weighted by molar-refractivity contribution is 5.90. The zero-order valence-electron chi connectivity index (χ0n) is 23.3. The molecule has 1 aliphatic rings. The molecule has 42 heavy (non-hydrogen) atoms. The van der Waals surface area contributed by atoms with Crippen LogP contribution in [0.4, 0.5) is 50.0 Å². The standard InChI is InChI=1S/C28H29F9N2O3/c1-15-9-20-22(7-6-8-38(24(41)42-25(3,4)5)23(20)13-21(15)28(35,36)37)39(16(2)40)14-17-10-18(26(29,30)31)12-19(11-17)27(32,33)34/h9-13,22H,6-8,14H2,1-5H3. The van der Waals surface area contributed by atoms with Crippen molar-refractivity contribution in [2.75, 3.05) is 11.4 Å². The van der Waals surface area contributed by atoms with Gasteiger partial charge in [0.25, 0.3) is 0 Å². The van der Waals surface area contributed by atoms with Crippen molar-refractivity contribution < 1.29 is 53.8 Å². The first-order valence-electron chi connectivity index (χ1n) is 12.8. The van der Waals surface area contributed by atoms with E-state index in [1.54, 1.807) is 20.8 Å². The van der Waals surface area contributed by atoms with E-state index in [0.29, 0.717) is 12.1 Å². The molecule has 1 unspecified atom stereocenters. The Balaban J connectivity index is 2.20. The van der Waals surface area contributed by atoms with Crippen molar-refractivity contribution in [2.24, 2.45) is 0 Å². The minimum Gasteiger partial charge on any atom is -0.443 e. The number of nitrogens with zero attached hydrogens (tertiary/aromatic N) is 2. The van der Waals surface area contributed by atoms with Gasteiger partial charge in [0, 0.05) is 20.0 Å². The second-order valence-corrected chi connectivity index (χ2v) is 11.1. The maximum atomic E-state index is 13.9. The highest BCUT2D eigenvalue weighted by Gasteiger charge is 2.40. The first kappa shape index (κ1) is 33.1. The van der Waals surface area contributed by atoms with Gasteiger partial charge in [-0.05, 0) is 81.5 Å². The van der Waals surface area contributed by atoms with Gasteiger partial charge in [-0.3, -0.25) is 9.69 Å². The summed E-state index contributed by atoms with van der Waals surface area (Å²) in [5.41, 5.74) is -6.09. The van der Waals surface area contributed by atoms with Crippen LogP contribution in [0.2, 0.25) is 0 Å². The molecule has 14 heteroatoms. The van der Waals surface area contributed by atoms with Crippen LogP contribution in [0.15, 0.2) is 30.3 Å². The van der Waals surface area contributed by atoms with E-state index in [1.807, 2.05) is 0 Å². The molecule has 0 spiro atoms. The molecule has 1 atom stereocenters. The first-order chi connectivity index (χ1) is 19.0. The minimum atomic E-state index is -5.12. The number of amides is 2. The molecule has 2 aromatic carbocycles. The van der Waals surface area contributed by atoms with Crippen molar-refractivity contribution >= 4 is 17.7 Å². The van der Waals surface area contributed by atoms with Gasteiger partial charge < -0.3 is 9.64 Å². The molecular weight excluding hydrogens is 583 g/mol. The van der Waals surface area contributed by atoms with Gasteiger partial charge in [-0.1, -0.05) is 6.07 Å². The number of benzene rings is 2. The summed E-state index contributed by atoms with van der Waals surface area (Å²) in [6.45, 7) is 6.07. The van der Waals surface area contributed by atoms with Crippen LogP contribution in [0.3, 0.4) is 0 Å². The number of carbonyl (C=O) groups excluding carboxylic acids is 2. The Morgan fingerprint density at radius 2 is 1.43 bits per heavy atom. The van der Waals surface area contributed by atoms with E-state index in [9.17, 15) is 49.1 Å². The third-order valence-corrected chi connectivity index (χ3v) is 6.58. The molecule has 232 valence electrons. The van der Waals surface area contributed by atoms with Crippen molar-refractivity contribution in [3.63, 3.8) is 0 Å². The van der Waals surface area contributed by atoms with Gasteiger partial charge in [0.1, 0.15) is 5.60 Å². The van der Waals surface area contributed by atoms with E-state index in [-0.39, 0.29) is 42.3 Å². The van der Waals surface area contributed by atoms with Crippen LogP contribution in [0.25, 0.3) is 0 Å². The molecule has 0 N–H and O–H groups in total. The van der Waals surface area contributed by atoms with Crippen LogP contribution in [-0.2, 0) is 34.6 Å². The van der Waals surface area contributed by atoms with Crippen molar-refractivity contribution in [3.05, 3.63) is 63.7 Å². The average molecular weight is 613 g/mol. The van der Waals surface area contributed by atoms with Crippen LogP contribution in [0, 0.1) is 6.92 Å². The molecule has 3 rings (SSSR count). The number of hydrogen-bond acceptors (Lipinski definition) is 3. The van der Waals surface area contributed by atoms with Gasteiger partial charge >= 0.3 is 24.6 Å². The summed E-state index contributed by atoms with van der Waals surface area (Å²) in [5.74, 6) is -0.750. The monoisotopic (exact) mass is 612 g/mol. The van der Waals surface area contributed by atoms with Gasteiger partial charge in [-0.2, -0.15) is 39.5 Å². The van der Waals surface area contributed by atoms with Crippen molar-refractivity contribution in [2.45, 2.75) is 84.2 Å². The number of alkyl halides is 9. The van der Waals surface area contributed by atoms with Gasteiger partial charge in [0.05, 0.1) is 28.4 Å². The summed E-state index contributed by atoms with van der Waals surface area (Å²) >= 11 is 0. The van der Waals surface area contributed by atoms with E-state index in [0.717, 1.165) is 28.9 Å². The predicted octanol–water partition coefficient (Wildman–Crippen LogP) is 8.68. The molecule has 0 saturated carbocycles. The normalized spacial score (nSPS) is 16.5. The van der Waals surface area contributed by atoms with Crippen molar-refractivity contribution in [1.29, 1.82) is 0 Å². The Morgan fingerprint density at radius 1 is 0.881 bits per heavy atom. The second-order valence-electron chi connectivity index (χ2n) is 11.1. The molecule has 1 heterocycles. The van der Waals surface area contributed by atoms with E-state index in [4.69, 9.17) is 4.74 Å². The summed E-state index contributed by atoms with van der Waals surface area (Å²) in [5, 5.41) is 0. The SMILES string of the molecule is CC(=O)N(Cc1cc(C(F)(F)F)cc(C(F)(F)F)c1)C1CCCN(C(=O)OC(C)(C)C)c2cc(C(F)(F)F)c(C)cc21. The molecular formula is C28H29F9N2O3. The largest absolute Gasteiger partial charge is 0.443 e. The molecule has 1 aliphatic heterocycles. The number of fused-ring (bicyclic) bond motifs is 1. The number of ether oxygens (including phenoxy) is 1. The fraction of sp³-hybridized carbons (Fsp3) is 0.500. The Morgan fingerprint density at radius 3 is 1.88 bits per heavy atom. The van der Waals surface area contributed by atoms with E-state index in [2.05, 4.69) is 0 Å². The summed E-state index contributed by atoms with van der Waals surface area (Å²) in [6.07, 6.45) is -15.8. The predicted molar refractivity (Wildman–Crippen MR) is 134 cm³/mol. The first-order valence-corrected chi connectivity index (χ1v) is 12.8. The van der Waals surface area contributed by atoms with Gasteiger partial charge in [0.15, 0.2) is 0 Å². The average Bonchev–Trinajstić information content (AvgIpc) is 2.98. The quantitative estimate of drug-likeness (QED) is 0.326. The summed E-state index contributed by atoms with van der Waals surface area (Å²) < 4.78 is 128. The molecule has 0 radical (unpaired) electrons. The highest BCUT2D eigenvalue weighted by atomic mass is 19.4. The van der Waals surface area contributed by atoms with Gasteiger partial charge in [0.2, 0.25) is 5.91 Å². The lowest BCUT2D eigenvalue weighted by atomic mass is 9.94. The number of aryl methyl sites for hydroxylation is 1. The molecule has 0 aromatic heterocycles. The Hall–Kier alpha value is -3.45. The van der Waals surface area contributed by atoms with Crippen LogP contribution in [0.1, 0.15) is 80.0 Å². The zero-order valence-corrected chi connectivity index (χ0v) is 23.3. The molecule has 0 fully saturated rings. The number of anilines is 1. The fourth-order valence-electron chi connectivity index (χ4n) is 4.82. The lowest BCUT2D eigenvalue weighted by Gasteiger charge is -2.33. The molecule has 0 bridgehead atoms. The third-order valence-electron chi connectivity index (χ3n) is 6.58. The number of carbonyl (C=O) groups is 2. The van der Waals surface area contributed by atoms with E-state index < -0.39 is 71.0 Å². The number of halogens is 9. The maximum absolute atomic E-state index is 13.9. The van der Waals surface area contributed by atoms with Crippen molar-refractivity contribution in [3.8, 4) is 0 Å². The van der Waals surface area contributed by atoms with Gasteiger partial charge in [-0.25, -0.2) is 4.79 Å². The fourth-order valence-corrected chi connectivity index (χ4v) is 4.82. The lowest BCUT2D eigenvalue weighted by molar-refractivity contribution is -0.143. The van der Waals surface area contributed by atoms with E-state index in [1.165, 1.54) is 6.92 Å². The minimum absolute atomic E-state index is 0.0384. The number of rotatable bonds is 3. The molecule has 5 nitrogen and oxygen atoms in total. The summed E-state index contributed by atoms with van der Waals surface area (Å²) in [6, 6.07) is 1.74. The van der Waals surface area contributed by atoms with Crippen molar-refractivity contribution in [1.82, 2.24) is 4.90 Å². The summed E-state index contributed by atoms with van der Waals surface area (Å²) in [7, 11) is 0. The lowest BCUT2D eigenvalue weighted by Crippen LogP contribution is -2.38. The van der Waals surface area contributed by atoms with E-state index >= 15 is 0 Å². The molecule has 2 amide bonds. The number of hydrogen-bond donors (Lipinski definition) is 0. The zero-order chi connectivity index (χ0) is 32.0. The highest BCUT2D eigenvalue weighted by Crippen LogP contribution is 2.44. The molecule has 0 saturated heterocycles. The van der Waals surface area contributed by atoms with Crippen LogP contribution in [-0.4, -0.2) is 29.0 Å². The third kappa shape index (κ3) is 7.68. The Bertz CT molecular complexity index is 1310. The molecule has 2 aromatic rings. The second kappa shape index (κ2) is 11.3. The van der Waals surface area contributed by atoms with Crippen LogP contribution < -0.4 is 4.90 Å². The maximum Gasteiger partial charge on any atom is 0.416 e. The van der Waals surface area contributed by atoms with Gasteiger partial charge in [-0.15, -0.1) is 0 Å². The smallest absolute Gasteiger partial charge is 0.416 e. The Kier molecular flexibility index (Phi) is 8.91. The van der Waals surface area contributed by atoms with Crippen LogP contribution in [0.5, 0.6) is 0 Å². The topological polar surface area (TPSA) is 49.9 Å².